The maximum absolute atomic E-state index is 13.7. The summed E-state index contributed by atoms with van der Waals surface area (Å²) in [5.41, 5.74) is 2.12. The smallest absolute Gasteiger partial charge is 0.338 e. The quantitative estimate of drug-likeness (QED) is 0.707. The Bertz CT molecular complexity index is 649. The monoisotopic (exact) mass is 368 g/mol. The first-order valence-corrected chi connectivity index (χ1v) is 7.78. The van der Waals surface area contributed by atoms with Gasteiger partial charge in [0.05, 0.1) is 12.7 Å². The lowest BCUT2D eigenvalue weighted by Gasteiger charge is -2.20. The fourth-order valence-corrected chi connectivity index (χ4v) is 2.85. The molecular formula is C17H18BrFO3. The van der Waals surface area contributed by atoms with Crippen molar-refractivity contribution in [1.29, 1.82) is 0 Å². The molecule has 1 unspecified atom stereocenters. The third-order valence-electron chi connectivity index (χ3n) is 3.67. The van der Waals surface area contributed by atoms with Gasteiger partial charge < -0.3 is 9.47 Å². The predicted molar refractivity (Wildman–Crippen MR) is 85.9 cm³/mol. The topological polar surface area (TPSA) is 35.5 Å². The van der Waals surface area contributed by atoms with Gasteiger partial charge in [0.2, 0.25) is 0 Å². The lowest BCUT2D eigenvalue weighted by atomic mass is 9.95. The Labute approximate surface area is 137 Å². The van der Waals surface area contributed by atoms with Gasteiger partial charge in [-0.05, 0) is 31.1 Å². The lowest BCUT2D eigenvalue weighted by molar-refractivity contribution is 0.0596. The van der Waals surface area contributed by atoms with Gasteiger partial charge in [-0.1, -0.05) is 28.9 Å². The minimum atomic E-state index is -0.426. The number of carbonyl (C=O) groups excluding carboxylic acids is 1. The molecule has 1 aromatic carbocycles. The van der Waals surface area contributed by atoms with Crippen molar-refractivity contribution in [3.05, 3.63) is 57.0 Å². The zero-order valence-corrected chi connectivity index (χ0v) is 14.4. The minimum absolute atomic E-state index is 0.110. The van der Waals surface area contributed by atoms with Crippen LogP contribution in [0, 0.1) is 5.92 Å². The van der Waals surface area contributed by atoms with Gasteiger partial charge in [0, 0.05) is 22.0 Å². The van der Waals surface area contributed by atoms with E-state index in [2.05, 4.69) is 15.9 Å². The molecule has 22 heavy (non-hydrogen) atoms. The SMILES string of the molecule is COC(=O)c1cccc(Br)c1COC1=C(C)CC(C)C(F)=C1. The second kappa shape index (κ2) is 7.09. The van der Waals surface area contributed by atoms with E-state index in [4.69, 9.17) is 9.47 Å². The van der Waals surface area contributed by atoms with Crippen LogP contribution < -0.4 is 0 Å². The average Bonchev–Trinajstić information content (AvgIpc) is 2.49. The molecule has 0 bridgehead atoms. The molecule has 3 nitrogen and oxygen atoms in total. The summed E-state index contributed by atoms with van der Waals surface area (Å²) in [5, 5.41) is 0. The summed E-state index contributed by atoms with van der Waals surface area (Å²) in [7, 11) is 1.33. The van der Waals surface area contributed by atoms with Crippen molar-refractivity contribution >= 4 is 21.9 Å². The van der Waals surface area contributed by atoms with Crippen molar-refractivity contribution in [3.8, 4) is 0 Å². The van der Waals surface area contributed by atoms with Gasteiger partial charge in [-0.25, -0.2) is 9.18 Å². The van der Waals surface area contributed by atoms with Crippen molar-refractivity contribution < 1.29 is 18.7 Å². The number of hydrogen-bond acceptors (Lipinski definition) is 3. The summed E-state index contributed by atoms with van der Waals surface area (Å²) in [6.45, 7) is 3.93. The third kappa shape index (κ3) is 3.58. The molecule has 0 saturated heterocycles. The molecule has 2 rings (SSSR count). The molecule has 0 N–H and O–H groups in total. The van der Waals surface area contributed by atoms with Crippen LogP contribution in [0.2, 0.25) is 0 Å². The Morgan fingerprint density at radius 2 is 2.18 bits per heavy atom. The molecule has 0 fully saturated rings. The van der Waals surface area contributed by atoms with E-state index in [-0.39, 0.29) is 18.4 Å². The van der Waals surface area contributed by atoms with Gasteiger partial charge in [0.1, 0.15) is 18.2 Å². The third-order valence-corrected chi connectivity index (χ3v) is 4.41. The molecule has 1 aliphatic carbocycles. The van der Waals surface area contributed by atoms with E-state index in [0.29, 0.717) is 23.3 Å². The van der Waals surface area contributed by atoms with Crippen LogP contribution in [0.1, 0.15) is 36.2 Å². The Kier molecular flexibility index (Phi) is 5.40. The molecule has 0 radical (unpaired) electrons. The number of methoxy groups -OCH3 is 1. The molecule has 0 aliphatic heterocycles. The van der Waals surface area contributed by atoms with Crippen LogP contribution in [-0.2, 0) is 16.1 Å². The normalized spacial score (nSPS) is 18.0. The summed E-state index contributed by atoms with van der Waals surface area (Å²) < 4.78 is 25.0. The van der Waals surface area contributed by atoms with Gasteiger partial charge in [-0.3, -0.25) is 0 Å². The van der Waals surface area contributed by atoms with Crippen LogP contribution >= 0.6 is 15.9 Å². The second-order valence-electron chi connectivity index (χ2n) is 5.33. The number of allylic oxidation sites excluding steroid dienone is 3. The summed E-state index contributed by atoms with van der Waals surface area (Å²) in [5.74, 6) is -0.186. The van der Waals surface area contributed by atoms with Crippen LogP contribution in [-0.4, -0.2) is 13.1 Å². The van der Waals surface area contributed by atoms with Gasteiger partial charge in [-0.2, -0.15) is 0 Å². The minimum Gasteiger partial charge on any atom is -0.489 e. The van der Waals surface area contributed by atoms with E-state index >= 15 is 0 Å². The fourth-order valence-electron chi connectivity index (χ4n) is 2.37. The summed E-state index contributed by atoms with van der Waals surface area (Å²) in [4.78, 5) is 11.8. The molecule has 0 amide bonds. The summed E-state index contributed by atoms with van der Waals surface area (Å²) in [6.07, 6.45) is 2.07. The Hall–Kier alpha value is -1.62. The first-order valence-electron chi connectivity index (χ1n) is 6.99. The van der Waals surface area contributed by atoms with Gasteiger partial charge >= 0.3 is 5.97 Å². The highest BCUT2D eigenvalue weighted by atomic mass is 79.9. The summed E-state index contributed by atoms with van der Waals surface area (Å²) in [6, 6.07) is 5.26. The van der Waals surface area contributed by atoms with Crippen molar-refractivity contribution in [2.45, 2.75) is 26.9 Å². The second-order valence-corrected chi connectivity index (χ2v) is 6.18. The number of rotatable bonds is 4. The Balaban J connectivity index is 2.22. The van der Waals surface area contributed by atoms with E-state index in [9.17, 15) is 9.18 Å². The lowest BCUT2D eigenvalue weighted by Crippen LogP contribution is -2.10. The van der Waals surface area contributed by atoms with Crippen LogP contribution in [0.4, 0.5) is 4.39 Å². The maximum Gasteiger partial charge on any atom is 0.338 e. The van der Waals surface area contributed by atoms with Crippen molar-refractivity contribution in [2.24, 2.45) is 5.92 Å². The molecule has 0 heterocycles. The van der Waals surface area contributed by atoms with E-state index < -0.39 is 5.97 Å². The van der Waals surface area contributed by atoms with Gasteiger partial charge in [0.25, 0.3) is 0 Å². The molecule has 0 spiro atoms. The van der Waals surface area contributed by atoms with Crippen molar-refractivity contribution in [3.63, 3.8) is 0 Å². The fraction of sp³-hybridized carbons (Fsp3) is 0.353. The highest BCUT2D eigenvalue weighted by molar-refractivity contribution is 9.10. The van der Waals surface area contributed by atoms with Gasteiger partial charge in [0.15, 0.2) is 0 Å². The predicted octanol–water partition coefficient (Wildman–Crippen LogP) is 4.92. The maximum atomic E-state index is 13.7. The molecule has 5 heteroatoms. The van der Waals surface area contributed by atoms with Crippen LogP contribution in [0.15, 0.2) is 45.9 Å². The number of hydrogen-bond donors (Lipinski definition) is 0. The molecule has 1 aliphatic rings. The molecule has 1 atom stereocenters. The van der Waals surface area contributed by atoms with Gasteiger partial charge in [-0.15, -0.1) is 0 Å². The van der Waals surface area contributed by atoms with E-state index in [1.807, 2.05) is 19.9 Å². The van der Waals surface area contributed by atoms with E-state index in [1.54, 1.807) is 12.1 Å². The highest BCUT2D eigenvalue weighted by Gasteiger charge is 2.20. The molecular weight excluding hydrogens is 351 g/mol. The van der Waals surface area contributed by atoms with E-state index in [0.717, 1.165) is 10.0 Å². The van der Waals surface area contributed by atoms with Crippen LogP contribution in [0.5, 0.6) is 0 Å². The van der Waals surface area contributed by atoms with Crippen molar-refractivity contribution in [2.75, 3.05) is 7.11 Å². The molecule has 0 saturated carbocycles. The highest BCUT2D eigenvalue weighted by Crippen LogP contribution is 2.31. The zero-order valence-electron chi connectivity index (χ0n) is 12.8. The van der Waals surface area contributed by atoms with Crippen molar-refractivity contribution in [1.82, 2.24) is 0 Å². The first-order chi connectivity index (χ1) is 10.4. The number of halogens is 2. The first kappa shape index (κ1) is 16.7. The summed E-state index contributed by atoms with van der Waals surface area (Å²) >= 11 is 3.41. The Morgan fingerprint density at radius 3 is 2.86 bits per heavy atom. The average molecular weight is 369 g/mol. The van der Waals surface area contributed by atoms with Crippen LogP contribution in [0.3, 0.4) is 0 Å². The Morgan fingerprint density at radius 1 is 1.45 bits per heavy atom. The van der Waals surface area contributed by atoms with E-state index in [1.165, 1.54) is 13.2 Å². The molecule has 0 aromatic heterocycles. The number of ether oxygens (including phenoxy) is 2. The molecule has 1 aromatic rings. The number of benzene rings is 1. The zero-order chi connectivity index (χ0) is 16.3. The number of esters is 1. The largest absolute Gasteiger partial charge is 0.489 e. The van der Waals surface area contributed by atoms with Crippen LogP contribution in [0.25, 0.3) is 0 Å². The number of carbonyl (C=O) groups is 1. The standard InChI is InChI=1S/C17H18BrFO3/c1-10-7-11(2)16(8-15(10)19)22-9-13-12(17(20)21-3)5-4-6-14(13)18/h4-6,8,10H,7,9H2,1-3H3. The molecule has 118 valence electrons.